The Hall–Kier alpha value is -2.95. The molecule has 0 saturated heterocycles. The molecule has 2 aromatic heterocycles. The molecule has 1 aromatic carbocycles. The van der Waals surface area contributed by atoms with Gasteiger partial charge < -0.3 is 0 Å². The van der Waals surface area contributed by atoms with Gasteiger partial charge in [0.2, 0.25) is 10.0 Å². The first-order valence-electron chi connectivity index (χ1n) is 9.23. The highest BCUT2D eigenvalue weighted by Gasteiger charge is 2.35. The molecular formula is C20H18N4O4S2. The third-order valence-corrected chi connectivity index (χ3v) is 6.88. The maximum Gasteiger partial charge on any atom is 0.261 e. The zero-order valence-electron chi connectivity index (χ0n) is 15.8. The largest absolute Gasteiger partial charge is 0.273 e. The molecule has 0 atom stereocenters. The van der Waals surface area contributed by atoms with Crippen molar-refractivity contribution in [1.29, 1.82) is 0 Å². The van der Waals surface area contributed by atoms with Crippen molar-refractivity contribution >= 4 is 33.2 Å². The van der Waals surface area contributed by atoms with Gasteiger partial charge in [0.1, 0.15) is 5.01 Å². The number of thiazole rings is 1. The van der Waals surface area contributed by atoms with Gasteiger partial charge in [0.05, 0.1) is 28.3 Å². The summed E-state index contributed by atoms with van der Waals surface area (Å²) >= 11 is 1.45. The fraction of sp³-hybridized carbons (Fsp3) is 0.200. The Labute approximate surface area is 177 Å². The molecule has 1 aliphatic heterocycles. The van der Waals surface area contributed by atoms with Crippen LogP contribution in [0, 0.1) is 0 Å². The molecule has 1 N–H and O–H groups in total. The van der Waals surface area contributed by atoms with E-state index in [0.717, 1.165) is 21.3 Å². The highest BCUT2D eigenvalue weighted by Crippen LogP contribution is 2.23. The van der Waals surface area contributed by atoms with Crippen molar-refractivity contribution in [3.05, 3.63) is 70.9 Å². The summed E-state index contributed by atoms with van der Waals surface area (Å²) in [4.78, 5) is 34.3. The number of aromatic nitrogens is 2. The Kier molecular flexibility index (Phi) is 5.71. The van der Waals surface area contributed by atoms with Crippen molar-refractivity contribution in [2.24, 2.45) is 0 Å². The number of rotatable bonds is 8. The van der Waals surface area contributed by atoms with Crippen LogP contribution in [-0.2, 0) is 16.4 Å². The average Bonchev–Trinajstić information content (AvgIpc) is 3.31. The van der Waals surface area contributed by atoms with E-state index >= 15 is 0 Å². The minimum atomic E-state index is -3.65. The summed E-state index contributed by atoms with van der Waals surface area (Å²) in [5, 5.41) is 2.65. The molecule has 10 heteroatoms. The zero-order chi connectivity index (χ0) is 21.1. The fourth-order valence-corrected chi connectivity index (χ4v) is 4.90. The van der Waals surface area contributed by atoms with Crippen molar-refractivity contribution in [2.75, 3.05) is 18.8 Å². The second-order valence-electron chi connectivity index (χ2n) is 6.63. The first-order valence-corrected chi connectivity index (χ1v) is 11.8. The Morgan fingerprint density at radius 3 is 2.37 bits per heavy atom. The normalized spacial score (nSPS) is 13.7. The summed E-state index contributed by atoms with van der Waals surface area (Å²) in [5.74, 6) is -1.28. The number of carbonyl (C=O) groups is 2. The molecule has 0 radical (unpaired) electrons. The van der Waals surface area contributed by atoms with Crippen LogP contribution < -0.4 is 4.72 Å². The van der Waals surface area contributed by atoms with Crippen LogP contribution in [0.3, 0.4) is 0 Å². The van der Waals surface area contributed by atoms with Gasteiger partial charge >= 0.3 is 0 Å². The highest BCUT2D eigenvalue weighted by molar-refractivity contribution is 7.89. The van der Waals surface area contributed by atoms with E-state index in [1.54, 1.807) is 30.5 Å². The second kappa shape index (κ2) is 8.42. The second-order valence-corrected chi connectivity index (χ2v) is 9.41. The summed E-state index contributed by atoms with van der Waals surface area (Å²) in [6, 6.07) is 12.0. The van der Waals surface area contributed by atoms with Gasteiger partial charge in [-0.1, -0.05) is 18.2 Å². The van der Waals surface area contributed by atoms with E-state index in [9.17, 15) is 18.0 Å². The lowest BCUT2D eigenvalue weighted by Crippen LogP contribution is -2.38. The van der Waals surface area contributed by atoms with E-state index in [0.29, 0.717) is 17.5 Å². The Balaban J connectivity index is 1.29. The molecule has 154 valence electrons. The standard InChI is InChI=1S/C20H18N4O4S2/c25-19-15-5-1-2-6-16(15)20(26)24(19)11-12-30(27,28)22-10-8-14-13-29-18(23-14)17-7-3-4-9-21-17/h1-7,9,13,22H,8,10-12H2. The van der Waals surface area contributed by atoms with E-state index in [-0.39, 0.29) is 18.8 Å². The van der Waals surface area contributed by atoms with Gasteiger partial charge in [0, 0.05) is 31.1 Å². The number of nitrogens with one attached hydrogen (secondary N) is 1. The number of imide groups is 1. The minimum absolute atomic E-state index is 0.176. The van der Waals surface area contributed by atoms with Gasteiger partial charge in [-0.3, -0.25) is 19.5 Å². The molecule has 0 unspecified atom stereocenters. The van der Waals surface area contributed by atoms with E-state index in [1.807, 2.05) is 23.6 Å². The first kappa shape index (κ1) is 20.3. The molecule has 3 heterocycles. The molecule has 2 amide bonds. The summed E-state index contributed by atoms with van der Waals surface area (Å²) in [5.41, 5.74) is 2.15. The molecule has 0 aliphatic carbocycles. The molecule has 0 saturated carbocycles. The number of amides is 2. The SMILES string of the molecule is O=C1c2ccccc2C(=O)N1CCS(=O)(=O)NCCc1csc(-c2ccccn2)n1. The third-order valence-electron chi connectivity index (χ3n) is 4.60. The monoisotopic (exact) mass is 442 g/mol. The van der Waals surface area contributed by atoms with Crippen LogP contribution in [-0.4, -0.2) is 53.9 Å². The van der Waals surface area contributed by atoms with Gasteiger partial charge in [0.25, 0.3) is 11.8 Å². The van der Waals surface area contributed by atoms with Crippen LogP contribution in [0.1, 0.15) is 26.4 Å². The quantitative estimate of drug-likeness (QED) is 0.534. The van der Waals surface area contributed by atoms with Gasteiger partial charge in [-0.05, 0) is 24.3 Å². The number of fused-ring (bicyclic) bond motifs is 1. The van der Waals surface area contributed by atoms with E-state index in [1.165, 1.54) is 11.3 Å². The number of carbonyl (C=O) groups excluding carboxylic acids is 2. The van der Waals surface area contributed by atoms with E-state index < -0.39 is 21.8 Å². The number of hydrogen-bond donors (Lipinski definition) is 1. The van der Waals surface area contributed by atoms with Gasteiger partial charge in [0.15, 0.2) is 0 Å². The lowest BCUT2D eigenvalue weighted by molar-refractivity contribution is 0.0664. The molecule has 30 heavy (non-hydrogen) atoms. The maximum absolute atomic E-state index is 12.3. The fourth-order valence-electron chi connectivity index (χ4n) is 3.09. The van der Waals surface area contributed by atoms with Crippen LogP contribution in [0.15, 0.2) is 54.0 Å². The molecule has 4 rings (SSSR count). The minimum Gasteiger partial charge on any atom is -0.273 e. The number of pyridine rings is 1. The smallest absolute Gasteiger partial charge is 0.261 e. The van der Waals surface area contributed by atoms with Crippen LogP contribution in [0.2, 0.25) is 0 Å². The van der Waals surface area contributed by atoms with Crippen LogP contribution in [0.5, 0.6) is 0 Å². The summed E-state index contributed by atoms with van der Waals surface area (Å²) in [6.07, 6.45) is 2.12. The average molecular weight is 443 g/mol. The molecular weight excluding hydrogens is 424 g/mol. The third kappa shape index (κ3) is 4.30. The Bertz CT molecular complexity index is 1160. The molecule has 1 aliphatic rings. The van der Waals surface area contributed by atoms with Gasteiger partial charge in [-0.25, -0.2) is 18.1 Å². The van der Waals surface area contributed by atoms with Crippen molar-refractivity contribution in [3.8, 4) is 10.7 Å². The Morgan fingerprint density at radius 1 is 1.00 bits per heavy atom. The van der Waals surface area contributed by atoms with Crippen molar-refractivity contribution in [2.45, 2.75) is 6.42 Å². The van der Waals surface area contributed by atoms with E-state index in [2.05, 4.69) is 14.7 Å². The van der Waals surface area contributed by atoms with Crippen molar-refractivity contribution < 1.29 is 18.0 Å². The molecule has 8 nitrogen and oxygen atoms in total. The lowest BCUT2D eigenvalue weighted by atomic mass is 10.1. The zero-order valence-corrected chi connectivity index (χ0v) is 17.4. The van der Waals surface area contributed by atoms with Crippen LogP contribution in [0.4, 0.5) is 0 Å². The first-order chi connectivity index (χ1) is 14.4. The van der Waals surface area contributed by atoms with Crippen molar-refractivity contribution in [1.82, 2.24) is 19.6 Å². The van der Waals surface area contributed by atoms with Crippen LogP contribution in [0.25, 0.3) is 10.7 Å². The number of hydrogen-bond acceptors (Lipinski definition) is 7. The maximum atomic E-state index is 12.3. The topological polar surface area (TPSA) is 109 Å². The predicted molar refractivity (Wildman–Crippen MR) is 113 cm³/mol. The summed E-state index contributed by atoms with van der Waals surface area (Å²) in [7, 11) is -3.65. The Morgan fingerprint density at radius 2 is 1.70 bits per heavy atom. The van der Waals surface area contributed by atoms with Crippen LogP contribution >= 0.6 is 11.3 Å². The van der Waals surface area contributed by atoms with Gasteiger partial charge in [-0.2, -0.15) is 0 Å². The number of nitrogens with zero attached hydrogens (tertiary/aromatic N) is 3. The molecule has 0 fully saturated rings. The molecule has 0 spiro atoms. The van der Waals surface area contributed by atoms with Crippen molar-refractivity contribution in [3.63, 3.8) is 0 Å². The summed E-state index contributed by atoms with van der Waals surface area (Å²) < 4.78 is 27.1. The van der Waals surface area contributed by atoms with Gasteiger partial charge in [-0.15, -0.1) is 11.3 Å². The number of benzene rings is 1. The molecule has 3 aromatic rings. The summed E-state index contributed by atoms with van der Waals surface area (Å²) in [6.45, 7) is -0.0158. The molecule has 0 bridgehead atoms. The number of sulfonamides is 1. The highest BCUT2D eigenvalue weighted by atomic mass is 32.2. The lowest BCUT2D eigenvalue weighted by Gasteiger charge is -2.14. The predicted octanol–water partition coefficient (Wildman–Crippen LogP) is 1.96. The van der Waals surface area contributed by atoms with E-state index in [4.69, 9.17) is 0 Å².